The highest BCUT2D eigenvalue weighted by molar-refractivity contribution is 5.85. The zero-order chi connectivity index (χ0) is 13.0. The highest BCUT2D eigenvalue weighted by Crippen LogP contribution is 2.04. The van der Waals surface area contributed by atoms with Gasteiger partial charge in [-0.2, -0.15) is 0 Å². The highest BCUT2D eigenvalue weighted by atomic mass is 16.4. The monoisotopic (exact) mass is 244 g/mol. The number of carboxylic acids is 1. The maximum Gasteiger partial charge on any atom is 0.354 e. The Kier molecular flexibility index (Phi) is 3.47. The molecule has 0 aliphatic heterocycles. The Morgan fingerprint density at radius 3 is 2.89 bits per heavy atom. The Morgan fingerprint density at radius 1 is 1.33 bits per heavy atom. The minimum Gasteiger partial charge on any atom is -0.477 e. The quantitative estimate of drug-likeness (QED) is 0.847. The molecule has 0 amide bonds. The second-order valence-electron chi connectivity index (χ2n) is 3.69. The van der Waals surface area contributed by atoms with E-state index in [0.717, 1.165) is 11.4 Å². The van der Waals surface area contributed by atoms with E-state index in [4.69, 9.17) is 5.11 Å². The van der Waals surface area contributed by atoms with Crippen LogP contribution in [0.4, 0.5) is 5.95 Å². The summed E-state index contributed by atoms with van der Waals surface area (Å²) in [5.41, 5.74) is 1.73. The number of hydrogen-bond acceptors (Lipinski definition) is 5. The molecule has 0 aromatic carbocycles. The molecule has 2 heterocycles. The average molecular weight is 244 g/mol. The third-order valence-corrected chi connectivity index (χ3v) is 2.25. The Morgan fingerprint density at radius 2 is 2.17 bits per heavy atom. The van der Waals surface area contributed by atoms with Crippen LogP contribution in [0.3, 0.4) is 0 Å². The SMILES string of the molecule is Cc1cccc(CNc2nccc(C(=O)O)n2)n1. The summed E-state index contributed by atoms with van der Waals surface area (Å²) in [4.78, 5) is 22.9. The molecule has 0 saturated heterocycles. The first-order valence-electron chi connectivity index (χ1n) is 5.38. The third-order valence-electron chi connectivity index (χ3n) is 2.25. The Hall–Kier alpha value is -2.50. The number of aromatic carboxylic acids is 1. The molecule has 0 atom stereocenters. The van der Waals surface area contributed by atoms with Crippen LogP contribution in [0.5, 0.6) is 0 Å². The Bertz CT molecular complexity index is 572. The van der Waals surface area contributed by atoms with Gasteiger partial charge in [-0.25, -0.2) is 14.8 Å². The van der Waals surface area contributed by atoms with Crippen LogP contribution in [0.15, 0.2) is 30.5 Å². The van der Waals surface area contributed by atoms with Gasteiger partial charge in [0.05, 0.1) is 12.2 Å². The molecule has 6 heteroatoms. The number of pyridine rings is 1. The number of anilines is 1. The van der Waals surface area contributed by atoms with Crippen molar-refractivity contribution in [2.24, 2.45) is 0 Å². The van der Waals surface area contributed by atoms with Gasteiger partial charge in [0, 0.05) is 11.9 Å². The molecular formula is C12H12N4O2. The Labute approximate surface area is 104 Å². The van der Waals surface area contributed by atoms with E-state index in [-0.39, 0.29) is 11.6 Å². The van der Waals surface area contributed by atoms with Crippen LogP contribution < -0.4 is 5.32 Å². The molecule has 6 nitrogen and oxygen atoms in total. The van der Waals surface area contributed by atoms with Crippen LogP contribution in [-0.2, 0) is 6.54 Å². The molecule has 18 heavy (non-hydrogen) atoms. The fourth-order valence-electron chi connectivity index (χ4n) is 1.43. The summed E-state index contributed by atoms with van der Waals surface area (Å²) in [7, 11) is 0. The van der Waals surface area contributed by atoms with E-state index in [0.29, 0.717) is 6.54 Å². The van der Waals surface area contributed by atoms with Gasteiger partial charge in [-0.05, 0) is 25.1 Å². The summed E-state index contributed by atoms with van der Waals surface area (Å²) in [5.74, 6) is -0.799. The predicted octanol–water partition coefficient (Wildman–Crippen LogP) is 1.49. The van der Waals surface area contributed by atoms with Crippen LogP contribution in [0, 0.1) is 6.92 Å². The maximum atomic E-state index is 10.7. The first-order chi connectivity index (χ1) is 8.65. The zero-order valence-electron chi connectivity index (χ0n) is 9.79. The minimum atomic E-state index is -1.07. The van der Waals surface area contributed by atoms with Crippen molar-refractivity contribution in [1.29, 1.82) is 0 Å². The summed E-state index contributed by atoms with van der Waals surface area (Å²) in [5, 5.41) is 11.7. The lowest BCUT2D eigenvalue weighted by atomic mass is 10.3. The molecule has 0 spiro atoms. The summed E-state index contributed by atoms with van der Waals surface area (Å²) in [6, 6.07) is 7.04. The number of aryl methyl sites for hydroxylation is 1. The first kappa shape index (κ1) is 12.0. The molecule has 2 aromatic rings. The molecule has 92 valence electrons. The lowest BCUT2D eigenvalue weighted by Crippen LogP contribution is -2.08. The molecule has 0 bridgehead atoms. The highest BCUT2D eigenvalue weighted by Gasteiger charge is 2.05. The number of aromatic nitrogens is 3. The van der Waals surface area contributed by atoms with Crippen LogP contribution in [0.2, 0.25) is 0 Å². The van der Waals surface area contributed by atoms with Crippen molar-refractivity contribution in [2.75, 3.05) is 5.32 Å². The summed E-state index contributed by atoms with van der Waals surface area (Å²) in [6.45, 7) is 2.36. The largest absolute Gasteiger partial charge is 0.477 e. The van der Waals surface area contributed by atoms with Crippen molar-refractivity contribution < 1.29 is 9.90 Å². The summed E-state index contributed by atoms with van der Waals surface area (Å²) in [6.07, 6.45) is 1.41. The van der Waals surface area contributed by atoms with E-state index in [1.54, 1.807) is 0 Å². The molecular weight excluding hydrogens is 232 g/mol. The second-order valence-corrected chi connectivity index (χ2v) is 3.69. The molecule has 2 N–H and O–H groups in total. The molecule has 0 unspecified atom stereocenters. The molecule has 0 fully saturated rings. The topological polar surface area (TPSA) is 88.0 Å². The van der Waals surface area contributed by atoms with E-state index in [2.05, 4.69) is 20.3 Å². The van der Waals surface area contributed by atoms with Gasteiger partial charge in [0.15, 0.2) is 5.69 Å². The van der Waals surface area contributed by atoms with Crippen molar-refractivity contribution in [3.63, 3.8) is 0 Å². The van der Waals surface area contributed by atoms with E-state index >= 15 is 0 Å². The molecule has 0 radical (unpaired) electrons. The minimum absolute atomic E-state index is 0.0373. The van der Waals surface area contributed by atoms with E-state index in [1.807, 2.05) is 25.1 Å². The van der Waals surface area contributed by atoms with Crippen LogP contribution in [0.1, 0.15) is 21.9 Å². The van der Waals surface area contributed by atoms with Gasteiger partial charge in [0.2, 0.25) is 5.95 Å². The fraction of sp³-hybridized carbons (Fsp3) is 0.167. The van der Waals surface area contributed by atoms with Crippen molar-refractivity contribution in [3.8, 4) is 0 Å². The van der Waals surface area contributed by atoms with Crippen molar-refractivity contribution in [3.05, 3.63) is 47.5 Å². The fourth-order valence-corrected chi connectivity index (χ4v) is 1.43. The normalized spacial score (nSPS) is 10.1. The summed E-state index contributed by atoms with van der Waals surface area (Å²) < 4.78 is 0. The van der Waals surface area contributed by atoms with Gasteiger partial charge < -0.3 is 10.4 Å². The molecule has 0 aliphatic carbocycles. The first-order valence-corrected chi connectivity index (χ1v) is 5.38. The predicted molar refractivity (Wildman–Crippen MR) is 65.3 cm³/mol. The maximum absolute atomic E-state index is 10.7. The molecule has 2 aromatic heterocycles. The molecule has 2 rings (SSSR count). The number of rotatable bonds is 4. The van der Waals surface area contributed by atoms with Crippen molar-refractivity contribution >= 4 is 11.9 Å². The van der Waals surface area contributed by atoms with Gasteiger partial charge >= 0.3 is 5.97 Å². The number of carbonyl (C=O) groups is 1. The van der Waals surface area contributed by atoms with E-state index < -0.39 is 5.97 Å². The van der Waals surface area contributed by atoms with E-state index in [9.17, 15) is 4.79 Å². The third kappa shape index (κ3) is 3.00. The van der Waals surface area contributed by atoms with Crippen LogP contribution >= 0.6 is 0 Å². The van der Waals surface area contributed by atoms with Gasteiger partial charge in [0.1, 0.15) is 0 Å². The van der Waals surface area contributed by atoms with E-state index in [1.165, 1.54) is 12.3 Å². The lowest BCUT2D eigenvalue weighted by Gasteiger charge is -2.05. The van der Waals surface area contributed by atoms with Gasteiger partial charge in [-0.1, -0.05) is 6.07 Å². The lowest BCUT2D eigenvalue weighted by molar-refractivity contribution is 0.0690. The molecule has 0 aliphatic rings. The summed E-state index contributed by atoms with van der Waals surface area (Å²) >= 11 is 0. The van der Waals surface area contributed by atoms with Gasteiger partial charge in [-0.3, -0.25) is 4.98 Å². The van der Waals surface area contributed by atoms with Gasteiger partial charge in [-0.15, -0.1) is 0 Å². The molecule has 0 saturated carbocycles. The number of carboxylic acid groups (broad SMARTS) is 1. The average Bonchev–Trinajstić information content (AvgIpc) is 2.37. The Balaban J connectivity index is 2.06. The number of nitrogens with zero attached hydrogens (tertiary/aromatic N) is 3. The van der Waals surface area contributed by atoms with Crippen LogP contribution in [0.25, 0.3) is 0 Å². The zero-order valence-corrected chi connectivity index (χ0v) is 9.79. The van der Waals surface area contributed by atoms with Crippen molar-refractivity contribution in [2.45, 2.75) is 13.5 Å². The second kappa shape index (κ2) is 5.22. The van der Waals surface area contributed by atoms with Gasteiger partial charge in [0.25, 0.3) is 0 Å². The smallest absolute Gasteiger partial charge is 0.354 e. The van der Waals surface area contributed by atoms with Crippen LogP contribution in [-0.4, -0.2) is 26.0 Å². The number of nitrogens with one attached hydrogen (secondary N) is 1. The number of hydrogen-bond donors (Lipinski definition) is 2. The standard InChI is InChI=1S/C12H12N4O2/c1-8-3-2-4-9(15-8)7-14-12-13-6-5-10(16-12)11(17)18/h2-6H,7H2,1H3,(H,17,18)(H,13,14,16). The van der Waals surface area contributed by atoms with Crippen molar-refractivity contribution in [1.82, 2.24) is 15.0 Å².